The van der Waals surface area contributed by atoms with Crippen LogP contribution in [0.5, 0.6) is 0 Å². The van der Waals surface area contributed by atoms with Gasteiger partial charge in [0.15, 0.2) is 0 Å². The van der Waals surface area contributed by atoms with E-state index in [1.165, 1.54) is 0 Å². The molecule has 0 aliphatic carbocycles. The number of ether oxygens (including phenoxy) is 1. The highest BCUT2D eigenvalue weighted by atomic mass is 16.5. The Labute approximate surface area is 112 Å². The third kappa shape index (κ3) is 3.24. The van der Waals surface area contributed by atoms with Crippen LogP contribution in [0.2, 0.25) is 0 Å². The molecule has 6 nitrogen and oxygen atoms in total. The van der Waals surface area contributed by atoms with Gasteiger partial charge >= 0.3 is 5.97 Å². The third-order valence-electron chi connectivity index (χ3n) is 3.72. The lowest BCUT2D eigenvalue weighted by Gasteiger charge is -2.32. The molecule has 0 aromatic rings. The van der Waals surface area contributed by atoms with Crippen molar-refractivity contribution in [2.45, 2.75) is 38.6 Å². The lowest BCUT2D eigenvalue weighted by atomic mass is 9.96. The minimum Gasteiger partial charge on any atom is -0.466 e. The van der Waals surface area contributed by atoms with Crippen LogP contribution in [0.1, 0.15) is 32.6 Å². The third-order valence-corrected chi connectivity index (χ3v) is 3.72. The fourth-order valence-corrected chi connectivity index (χ4v) is 2.62. The monoisotopic (exact) mass is 268 g/mol. The molecule has 2 saturated heterocycles. The first-order chi connectivity index (χ1) is 9.11. The van der Waals surface area contributed by atoms with Crippen molar-refractivity contribution in [1.82, 2.24) is 10.2 Å². The Morgan fingerprint density at radius 3 is 2.53 bits per heavy atom. The number of hydrogen-bond acceptors (Lipinski definition) is 4. The molecule has 0 radical (unpaired) electrons. The average molecular weight is 268 g/mol. The number of esters is 1. The molecule has 2 aliphatic rings. The van der Waals surface area contributed by atoms with Gasteiger partial charge in [0, 0.05) is 19.5 Å². The van der Waals surface area contributed by atoms with E-state index in [4.69, 9.17) is 4.74 Å². The number of nitrogens with one attached hydrogen (secondary N) is 1. The molecule has 0 saturated carbocycles. The van der Waals surface area contributed by atoms with Gasteiger partial charge in [0.1, 0.15) is 6.04 Å². The zero-order valence-corrected chi connectivity index (χ0v) is 11.2. The Kier molecular flexibility index (Phi) is 4.39. The minimum absolute atomic E-state index is 0.0202. The summed E-state index contributed by atoms with van der Waals surface area (Å²) in [5.74, 6) is -0.334. The van der Waals surface area contributed by atoms with E-state index in [1.54, 1.807) is 11.8 Å². The van der Waals surface area contributed by atoms with E-state index in [0.717, 1.165) is 0 Å². The number of hydrogen-bond donors (Lipinski definition) is 1. The van der Waals surface area contributed by atoms with Crippen molar-refractivity contribution in [2.24, 2.45) is 5.92 Å². The van der Waals surface area contributed by atoms with Crippen LogP contribution in [-0.2, 0) is 19.1 Å². The molecule has 0 unspecified atom stereocenters. The van der Waals surface area contributed by atoms with Crippen LogP contribution in [0.4, 0.5) is 0 Å². The van der Waals surface area contributed by atoms with E-state index < -0.39 is 0 Å². The summed E-state index contributed by atoms with van der Waals surface area (Å²) in [6, 6.07) is -0.369. The predicted octanol–water partition coefficient (Wildman–Crippen LogP) is 0.0667. The maximum Gasteiger partial charge on any atom is 0.309 e. The number of likely N-dealkylation sites (tertiary alicyclic amines) is 1. The molecule has 0 spiro atoms. The highest BCUT2D eigenvalue weighted by Gasteiger charge is 2.34. The summed E-state index contributed by atoms with van der Waals surface area (Å²) in [4.78, 5) is 36.6. The molecule has 2 rings (SSSR count). The molecule has 0 bridgehead atoms. The molecule has 0 aromatic carbocycles. The van der Waals surface area contributed by atoms with Crippen molar-refractivity contribution >= 4 is 17.8 Å². The van der Waals surface area contributed by atoms with E-state index in [-0.39, 0.29) is 29.7 Å². The summed E-state index contributed by atoms with van der Waals surface area (Å²) < 4.78 is 4.99. The van der Waals surface area contributed by atoms with Gasteiger partial charge in [-0.3, -0.25) is 14.4 Å². The minimum atomic E-state index is -0.369. The van der Waals surface area contributed by atoms with Crippen molar-refractivity contribution in [1.29, 1.82) is 0 Å². The standard InChI is InChI=1S/C13H20N2O4/c1-2-19-13(18)9-5-7-15(8-6-9)12(17)10-3-4-11(16)14-10/h9-10H,2-8H2,1H3,(H,14,16)/t10-/m1/s1. The van der Waals surface area contributed by atoms with Gasteiger partial charge in [0.25, 0.3) is 0 Å². The molecule has 106 valence electrons. The maximum atomic E-state index is 12.1. The molecular weight excluding hydrogens is 248 g/mol. The summed E-state index contributed by atoms with van der Waals surface area (Å²) >= 11 is 0. The van der Waals surface area contributed by atoms with Gasteiger partial charge in [0.05, 0.1) is 12.5 Å². The molecule has 2 fully saturated rings. The largest absolute Gasteiger partial charge is 0.466 e. The summed E-state index contributed by atoms with van der Waals surface area (Å²) in [5, 5.41) is 2.68. The highest BCUT2D eigenvalue weighted by molar-refractivity contribution is 5.91. The van der Waals surface area contributed by atoms with Gasteiger partial charge in [-0.2, -0.15) is 0 Å². The highest BCUT2D eigenvalue weighted by Crippen LogP contribution is 2.20. The Morgan fingerprint density at radius 1 is 1.32 bits per heavy atom. The molecule has 6 heteroatoms. The summed E-state index contributed by atoms with van der Waals surface area (Å²) in [6.45, 7) is 3.31. The molecule has 2 aliphatic heterocycles. The summed E-state index contributed by atoms with van der Waals surface area (Å²) in [5.41, 5.74) is 0. The Balaban J connectivity index is 1.81. The van der Waals surface area contributed by atoms with Crippen molar-refractivity contribution < 1.29 is 19.1 Å². The lowest BCUT2D eigenvalue weighted by molar-refractivity contribution is -0.151. The summed E-state index contributed by atoms with van der Waals surface area (Å²) in [6.07, 6.45) is 2.29. The van der Waals surface area contributed by atoms with Crippen molar-refractivity contribution in [3.8, 4) is 0 Å². The van der Waals surface area contributed by atoms with E-state index >= 15 is 0 Å². The number of amides is 2. The quantitative estimate of drug-likeness (QED) is 0.735. The van der Waals surface area contributed by atoms with Crippen LogP contribution < -0.4 is 5.32 Å². The van der Waals surface area contributed by atoms with E-state index in [0.29, 0.717) is 45.4 Å². The van der Waals surface area contributed by atoms with Crippen LogP contribution in [0.15, 0.2) is 0 Å². The predicted molar refractivity (Wildman–Crippen MR) is 67.1 cm³/mol. The van der Waals surface area contributed by atoms with Gasteiger partial charge in [-0.05, 0) is 26.2 Å². The number of carbonyl (C=O) groups is 3. The van der Waals surface area contributed by atoms with Crippen LogP contribution in [-0.4, -0.2) is 48.4 Å². The van der Waals surface area contributed by atoms with Gasteiger partial charge in [0.2, 0.25) is 11.8 Å². The second-order valence-electron chi connectivity index (χ2n) is 5.01. The molecule has 1 atom stereocenters. The first-order valence-corrected chi connectivity index (χ1v) is 6.86. The first-order valence-electron chi connectivity index (χ1n) is 6.86. The van der Waals surface area contributed by atoms with E-state index in [1.807, 2.05) is 0 Å². The van der Waals surface area contributed by atoms with Crippen molar-refractivity contribution in [2.75, 3.05) is 19.7 Å². The Morgan fingerprint density at radius 2 is 2.00 bits per heavy atom. The molecule has 19 heavy (non-hydrogen) atoms. The van der Waals surface area contributed by atoms with Crippen LogP contribution >= 0.6 is 0 Å². The number of nitrogens with zero attached hydrogens (tertiary/aromatic N) is 1. The average Bonchev–Trinajstić information content (AvgIpc) is 2.85. The lowest BCUT2D eigenvalue weighted by Crippen LogP contribution is -2.48. The van der Waals surface area contributed by atoms with Crippen LogP contribution in [0.3, 0.4) is 0 Å². The van der Waals surface area contributed by atoms with Gasteiger partial charge in [-0.1, -0.05) is 0 Å². The number of carbonyl (C=O) groups excluding carboxylic acids is 3. The van der Waals surface area contributed by atoms with Crippen LogP contribution in [0, 0.1) is 5.92 Å². The van der Waals surface area contributed by atoms with Gasteiger partial charge in [-0.15, -0.1) is 0 Å². The topological polar surface area (TPSA) is 75.7 Å². The van der Waals surface area contributed by atoms with E-state index in [9.17, 15) is 14.4 Å². The fourth-order valence-electron chi connectivity index (χ4n) is 2.62. The Hall–Kier alpha value is -1.59. The Bertz CT molecular complexity index is 375. The fraction of sp³-hybridized carbons (Fsp3) is 0.769. The SMILES string of the molecule is CCOC(=O)C1CCN(C(=O)[C@H]2CCC(=O)N2)CC1. The van der Waals surface area contributed by atoms with E-state index in [2.05, 4.69) is 5.32 Å². The molecule has 0 aromatic heterocycles. The van der Waals surface area contributed by atoms with Crippen molar-refractivity contribution in [3.63, 3.8) is 0 Å². The number of rotatable bonds is 3. The molecule has 2 heterocycles. The van der Waals surface area contributed by atoms with Crippen LogP contribution in [0.25, 0.3) is 0 Å². The number of piperidine rings is 1. The maximum absolute atomic E-state index is 12.1. The first kappa shape index (κ1) is 13.8. The zero-order valence-electron chi connectivity index (χ0n) is 11.2. The van der Waals surface area contributed by atoms with Gasteiger partial charge in [-0.25, -0.2) is 0 Å². The molecule has 2 amide bonds. The second kappa shape index (κ2) is 6.04. The second-order valence-corrected chi connectivity index (χ2v) is 5.01. The van der Waals surface area contributed by atoms with Crippen molar-refractivity contribution in [3.05, 3.63) is 0 Å². The summed E-state index contributed by atoms with van der Waals surface area (Å²) in [7, 11) is 0. The molecular formula is C13H20N2O4. The normalized spacial score (nSPS) is 24.2. The van der Waals surface area contributed by atoms with Gasteiger partial charge < -0.3 is 15.0 Å². The zero-order chi connectivity index (χ0) is 13.8. The molecule has 1 N–H and O–H groups in total. The smallest absolute Gasteiger partial charge is 0.309 e.